The minimum atomic E-state index is -0.793. The standard InChI is InChI=1S/C52H97NO5/c1-4-7-10-13-16-19-21-23-25-26-27-29-32-34-37-40-43-48(58-52(57)45-42-39-36-31-18-15-12-9-6-3)46-51(56)53-49(47-54)50(55)44-41-38-35-33-30-28-24-22-20-17-14-11-8-5-2/h21,23,25-27,29,48-50,54-55H,4-20,22,24,28,30-47H2,1-3H3,(H,53,56)/b23-21+,26-25+,29-27+. The van der Waals surface area contributed by atoms with E-state index in [9.17, 15) is 19.8 Å². The molecule has 0 aliphatic rings. The van der Waals surface area contributed by atoms with Crippen LogP contribution in [0, 0.1) is 0 Å². The van der Waals surface area contributed by atoms with E-state index in [1.54, 1.807) is 0 Å². The maximum atomic E-state index is 13.2. The van der Waals surface area contributed by atoms with Crippen molar-refractivity contribution in [3.63, 3.8) is 0 Å². The van der Waals surface area contributed by atoms with Crippen molar-refractivity contribution in [2.75, 3.05) is 6.61 Å². The van der Waals surface area contributed by atoms with Crippen molar-refractivity contribution in [3.8, 4) is 0 Å². The van der Waals surface area contributed by atoms with Gasteiger partial charge in [0.05, 0.1) is 25.2 Å². The average molecular weight is 816 g/mol. The molecule has 0 aromatic heterocycles. The molecule has 3 N–H and O–H groups in total. The van der Waals surface area contributed by atoms with E-state index < -0.39 is 18.2 Å². The lowest BCUT2D eigenvalue weighted by molar-refractivity contribution is -0.151. The number of carbonyl (C=O) groups excluding carboxylic acids is 2. The van der Waals surface area contributed by atoms with Crippen LogP contribution in [0.1, 0.15) is 258 Å². The van der Waals surface area contributed by atoms with Crippen LogP contribution in [0.2, 0.25) is 0 Å². The van der Waals surface area contributed by atoms with Gasteiger partial charge in [-0.25, -0.2) is 0 Å². The number of aliphatic hydroxyl groups is 2. The third-order valence-corrected chi connectivity index (χ3v) is 11.5. The van der Waals surface area contributed by atoms with E-state index in [0.717, 1.165) is 70.6 Å². The van der Waals surface area contributed by atoms with Crippen LogP contribution in [-0.2, 0) is 14.3 Å². The second-order valence-electron chi connectivity index (χ2n) is 17.3. The molecule has 0 heterocycles. The molecule has 6 nitrogen and oxygen atoms in total. The summed E-state index contributed by atoms with van der Waals surface area (Å²) in [7, 11) is 0. The van der Waals surface area contributed by atoms with Crippen LogP contribution in [0.5, 0.6) is 0 Å². The highest BCUT2D eigenvalue weighted by Gasteiger charge is 2.24. The molecule has 0 rings (SSSR count). The quantitative estimate of drug-likeness (QED) is 0.0323. The first-order chi connectivity index (χ1) is 28.5. The molecule has 0 aliphatic heterocycles. The van der Waals surface area contributed by atoms with Gasteiger partial charge >= 0.3 is 5.97 Å². The molecular formula is C52H97NO5. The smallest absolute Gasteiger partial charge is 0.306 e. The highest BCUT2D eigenvalue weighted by atomic mass is 16.5. The highest BCUT2D eigenvalue weighted by Crippen LogP contribution is 2.17. The van der Waals surface area contributed by atoms with Crippen LogP contribution in [0.4, 0.5) is 0 Å². The van der Waals surface area contributed by atoms with Crippen LogP contribution >= 0.6 is 0 Å². The number of unbranched alkanes of at least 4 members (excludes halogenated alkanes) is 29. The van der Waals surface area contributed by atoms with Crippen molar-refractivity contribution in [3.05, 3.63) is 36.5 Å². The Balaban J connectivity index is 4.60. The highest BCUT2D eigenvalue weighted by molar-refractivity contribution is 5.77. The molecule has 1 amide bonds. The number of hydrogen-bond donors (Lipinski definition) is 3. The van der Waals surface area contributed by atoms with Crippen molar-refractivity contribution >= 4 is 11.9 Å². The van der Waals surface area contributed by atoms with Gasteiger partial charge in [0.25, 0.3) is 0 Å². The first-order valence-corrected chi connectivity index (χ1v) is 25.2. The summed E-state index contributed by atoms with van der Waals surface area (Å²) in [6.45, 7) is 6.45. The van der Waals surface area contributed by atoms with Gasteiger partial charge in [-0.3, -0.25) is 9.59 Å². The first-order valence-electron chi connectivity index (χ1n) is 25.2. The van der Waals surface area contributed by atoms with Gasteiger partial charge in [-0.15, -0.1) is 0 Å². The molecule has 3 atom stereocenters. The SMILES string of the molecule is CCCCCCC/C=C/C=C/C=C/CCCCCC(CC(=O)NC(CO)C(O)CCCCCCCCCCCCCCCC)OC(=O)CCCCCCCCCCC. The van der Waals surface area contributed by atoms with Crippen molar-refractivity contribution in [2.24, 2.45) is 0 Å². The van der Waals surface area contributed by atoms with Gasteiger partial charge in [0.1, 0.15) is 6.10 Å². The Hall–Kier alpha value is -1.92. The number of aliphatic hydroxyl groups excluding tert-OH is 2. The molecule has 0 spiro atoms. The number of ether oxygens (including phenoxy) is 1. The van der Waals surface area contributed by atoms with Crippen molar-refractivity contribution in [2.45, 2.75) is 277 Å². The molecule has 0 bridgehead atoms. The van der Waals surface area contributed by atoms with E-state index in [-0.39, 0.29) is 24.9 Å². The average Bonchev–Trinajstić information content (AvgIpc) is 3.22. The van der Waals surface area contributed by atoms with Gasteiger partial charge in [0.2, 0.25) is 5.91 Å². The number of nitrogens with one attached hydrogen (secondary N) is 1. The Morgan fingerprint density at radius 2 is 0.879 bits per heavy atom. The van der Waals surface area contributed by atoms with Gasteiger partial charge < -0.3 is 20.3 Å². The van der Waals surface area contributed by atoms with Crippen LogP contribution < -0.4 is 5.32 Å². The predicted octanol–water partition coefficient (Wildman–Crippen LogP) is 14.9. The number of hydrogen-bond acceptors (Lipinski definition) is 5. The molecule has 0 fully saturated rings. The summed E-state index contributed by atoms with van der Waals surface area (Å²) >= 11 is 0. The molecule has 0 aromatic rings. The molecule has 340 valence electrons. The van der Waals surface area contributed by atoms with Gasteiger partial charge in [-0.2, -0.15) is 0 Å². The topological polar surface area (TPSA) is 95.9 Å². The van der Waals surface area contributed by atoms with Gasteiger partial charge in [-0.1, -0.05) is 231 Å². The van der Waals surface area contributed by atoms with Gasteiger partial charge in [-0.05, 0) is 51.4 Å². The Kier molecular flexibility index (Phi) is 44.6. The lowest BCUT2D eigenvalue weighted by Gasteiger charge is -2.24. The monoisotopic (exact) mass is 816 g/mol. The van der Waals surface area contributed by atoms with E-state index in [1.807, 2.05) is 0 Å². The Bertz CT molecular complexity index is 961. The Morgan fingerprint density at radius 1 is 0.500 bits per heavy atom. The van der Waals surface area contributed by atoms with Crippen molar-refractivity contribution in [1.82, 2.24) is 5.32 Å². The Labute approximate surface area is 360 Å². The maximum Gasteiger partial charge on any atom is 0.306 e. The zero-order valence-electron chi connectivity index (χ0n) is 38.7. The summed E-state index contributed by atoms with van der Waals surface area (Å²) in [5.41, 5.74) is 0. The summed E-state index contributed by atoms with van der Waals surface area (Å²) in [4.78, 5) is 26.0. The molecule has 6 heteroatoms. The maximum absolute atomic E-state index is 13.2. The molecule has 0 aromatic carbocycles. The van der Waals surface area contributed by atoms with E-state index in [0.29, 0.717) is 19.3 Å². The first kappa shape index (κ1) is 56.1. The second kappa shape index (κ2) is 46.2. The zero-order valence-corrected chi connectivity index (χ0v) is 38.7. The summed E-state index contributed by atoms with van der Waals surface area (Å²) in [5, 5.41) is 23.7. The van der Waals surface area contributed by atoms with Crippen molar-refractivity contribution in [1.29, 1.82) is 0 Å². The van der Waals surface area contributed by atoms with Crippen LogP contribution in [0.3, 0.4) is 0 Å². The third-order valence-electron chi connectivity index (χ3n) is 11.5. The van der Waals surface area contributed by atoms with E-state index in [1.165, 1.54) is 141 Å². The number of amides is 1. The second-order valence-corrected chi connectivity index (χ2v) is 17.3. The van der Waals surface area contributed by atoms with Crippen LogP contribution in [-0.4, -0.2) is 46.9 Å². The Morgan fingerprint density at radius 3 is 1.33 bits per heavy atom. The number of esters is 1. The van der Waals surface area contributed by atoms with Crippen LogP contribution in [0.15, 0.2) is 36.5 Å². The number of rotatable bonds is 45. The fourth-order valence-electron chi connectivity index (χ4n) is 7.67. The zero-order chi connectivity index (χ0) is 42.4. The van der Waals surface area contributed by atoms with Crippen molar-refractivity contribution < 1.29 is 24.5 Å². The summed E-state index contributed by atoms with van der Waals surface area (Å²) in [5.74, 6) is -0.502. The molecule has 0 aliphatic carbocycles. The summed E-state index contributed by atoms with van der Waals surface area (Å²) < 4.78 is 5.90. The largest absolute Gasteiger partial charge is 0.462 e. The lowest BCUT2D eigenvalue weighted by Crippen LogP contribution is -2.46. The number of carbonyl (C=O) groups is 2. The molecule has 0 radical (unpaired) electrons. The lowest BCUT2D eigenvalue weighted by atomic mass is 10.0. The molecule has 0 saturated heterocycles. The van der Waals surface area contributed by atoms with E-state index in [4.69, 9.17) is 4.74 Å². The normalized spacial score (nSPS) is 13.5. The number of allylic oxidation sites excluding steroid dienone is 6. The minimum absolute atomic E-state index is 0.0581. The predicted molar refractivity (Wildman–Crippen MR) is 250 cm³/mol. The van der Waals surface area contributed by atoms with Gasteiger partial charge in [0, 0.05) is 6.42 Å². The third kappa shape index (κ3) is 40.8. The fourth-order valence-corrected chi connectivity index (χ4v) is 7.67. The van der Waals surface area contributed by atoms with E-state index in [2.05, 4.69) is 62.5 Å². The minimum Gasteiger partial charge on any atom is -0.462 e. The molecule has 3 unspecified atom stereocenters. The molecule has 0 saturated carbocycles. The van der Waals surface area contributed by atoms with E-state index >= 15 is 0 Å². The van der Waals surface area contributed by atoms with Crippen LogP contribution in [0.25, 0.3) is 0 Å². The molecular weight excluding hydrogens is 719 g/mol. The molecule has 58 heavy (non-hydrogen) atoms. The fraction of sp³-hybridized carbons (Fsp3) is 0.846. The summed E-state index contributed by atoms with van der Waals surface area (Å²) in [6.07, 6.45) is 53.5. The summed E-state index contributed by atoms with van der Waals surface area (Å²) in [6, 6.07) is -0.709. The van der Waals surface area contributed by atoms with Gasteiger partial charge in [0.15, 0.2) is 0 Å².